The molecular formula is C15H21NO5S. The summed E-state index contributed by atoms with van der Waals surface area (Å²) < 4.78 is 37.3. The predicted molar refractivity (Wildman–Crippen MR) is 80.9 cm³/mol. The predicted octanol–water partition coefficient (Wildman–Crippen LogP) is 1.38. The number of rotatable bonds is 6. The van der Waals surface area contributed by atoms with Crippen molar-refractivity contribution in [2.24, 2.45) is 0 Å². The van der Waals surface area contributed by atoms with Crippen LogP contribution < -0.4 is 4.72 Å². The molecule has 0 radical (unpaired) electrons. The third-order valence-corrected chi connectivity index (χ3v) is 5.05. The van der Waals surface area contributed by atoms with Crippen molar-refractivity contribution in [2.75, 3.05) is 13.2 Å². The fraction of sp³-hybridized carbons (Fsp3) is 0.533. The Morgan fingerprint density at radius 1 is 1.45 bits per heavy atom. The summed E-state index contributed by atoms with van der Waals surface area (Å²) >= 11 is 0. The van der Waals surface area contributed by atoms with E-state index >= 15 is 0 Å². The van der Waals surface area contributed by atoms with Crippen LogP contribution in [0.15, 0.2) is 29.2 Å². The van der Waals surface area contributed by atoms with Crippen molar-refractivity contribution in [3.05, 3.63) is 29.8 Å². The van der Waals surface area contributed by atoms with Crippen molar-refractivity contribution < 1.29 is 22.7 Å². The van der Waals surface area contributed by atoms with Crippen LogP contribution in [0.2, 0.25) is 0 Å². The Morgan fingerprint density at radius 3 is 2.82 bits per heavy atom. The van der Waals surface area contributed by atoms with E-state index in [1.165, 1.54) is 13.0 Å². The van der Waals surface area contributed by atoms with Gasteiger partial charge in [-0.15, -0.1) is 0 Å². The third-order valence-electron chi connectivity index (χ3n) is 3.54. The van der Waals surface area contributed by atoms with Gasteiger partial charge in [0.25, 0.3) is 15.9 Å². The van der Waals surface area contributed by atoms with Crippen LogP contribution in [0.4, 0.5) is 0 Å². The molecule has 22 heavy (non-hydrogen) atoms. The molecule has 1 heterocycles. The highest BCUT2D eigenvalue weighted by Crippen LogP contribution is 2.15. The van der Waals surface area contributed by atoms with Gasteiger partial charge < -0.3 is 9.47 Å². The fourth-order valence-electron chi connectivity index (χ4n) is 2.23. The van der Waals surface area contributed by atoms with Crippen molar-refractivity contribution in [3.8, 4) is 0 Å². The number of ether oxygens (including phenoxy) is 2. The zero-order valence-electron chi connectivity index (χ0n) is 12.7. The number of hydrogen-bond acceptors (Lipinski definition) is 5. The molecule has 1 aliphatic rings. The Labute approximate surface area is 130 Å². The second kappa shape index (κ2) is 7.21. The van der Waals surface area contributed by atoms with E-state index in [9.17, 15) is 13.2 Å². The van der Waals surface area contributed by atoms with Crippen molar-refractivity contribution in [3.63, 3.8) is 0 Å². The van der Waals surface area contributed by atoms with Crippen molar-refractivity contribution in [1.29, 1.82) is 0 Å². The largest absolute Gasteiger partial charge is 0.376 e. The van der Waals surface area contributed by atoms with E-state index in [0.29, 0.717) is 18.8 Å². The highest BCUT2D eigenvalue weighted by atomic mass is 32.2. The molecule has 1 N–H and O–H groups in total. The van der Waals surface area contributed by atoms with Crippen molar-refractivity contribution in [2.45, 2.75) is 43.8 Å². The maximum atomic E-state index is 12.2. The van der Waals surface area contributed by atoms with Crippen molar-refractivity contribution in [1.82, 2.24) is 4.72 Å². The summed E-state index contributed by atoms with van der Waals surface area (Å²) in [7, 11) is -3.88. The Bertz CT molecular complexity index is 623. The molecule has 6 nitrogen and oxygen atoms in total. The van der Waals surface area contributed by atoms with Gasteiger partial charge in [0.15, 0.2) is 0 Å². The van der Waals surface area contributed by atoms with Crippen molar-refractivity contribution >= 4 is 15.9 Å². The van der Waals surface area contributed by atoms with E-state index in [-0.39, 0.29) is 11.0 Å². The molecule has 0 aromatic heterocycles. The number of carbonyl (C=O) groups excluding carboxylic acids is 1. The average Bonchev–Trinajstić information content (AvgIpc) is 2.97. The van der Waals surface area contributed by atoms with Crippen LogP contribution in [-0.2, 0) is 24.3 Å². The second-order valence-electron chi connectivity index (χ2n) is 5.35. The van der Waals surface area contributed by atoms with E-state index in [2.05, 4.69) is 4.72 Å². The SMILES string of the molecule is Cc1ccccc1S(=O)(=O)NC(=O)[C@@H](C)OC[C@@H]1CCCO1. The summed E-state index contributed by atoms with van der Waals surface area (Å²) in [4.78, 5) is 12.1. The molecule has 1 saturated heterocycles. The first kappa shape index (κ1) is 16.9. The lowest BCUT2D eigenvalue weighted by Crippen LogP contribution is -2.39. The van der Waals surface area contributed by atoms with Crippen LogP contribution in [0.5, 0.6) is 0 Å². The lowest BCUT2D eigenvalue weighted by Gasteiger charge is -2.16. The minimum Gasteiger partial charge on any atom is -0.376 e. The van der Waals surface area contributed by atoms with Gasteiger partial charge in [-0.1, -0.05) is 18.2 Å². The normalized spacial score (nSPS) is 19.8. The zero-order chi connectivity index (χ0) is 16.2. The quantitative estimate of drug-likeness (QED) is 0.854. The van der Waals surface area contributed by atoms with Gasteiger partial charge >= 0.3 is 0 Å². The Hall–Kier alpha value is -1.44. The highest BCUT2D eigenvalue weighted by molar-refractivity contribution is 7.90. The Morgan fingerprint density at radius 2 is 2.18 bits per heavy atom. The fourth-order valence-corrected chi connectivity index (χ4v) is 3.52. The molecule has 1 aromatic rings. The molecule has 0 saturated carbocycles. The summed E-state index contributed by atoms with van der Waals surface area (Å²) in [5, 5.41) is 0. The lowest BCUT2D eigenvalue weighted by molar-refractivity contribution is -0.131. The first-order valence-electron chi connectivity index (χ1n) is 7.25. The molecule has 1 aliphatic heterocycles. The zero-order valence-corrected chi connectivity index (χ0v) is 13.6. The van der Waals surface area contributed by atoms with Crippen LogP contribution in [0.3, 0.4) is 0 Å². The average molecular weight is 327 g/mol. The first-order valence-corrected chi connectivity index (χ1v) is 8.74. The molecule has 0 spiro atoms. The van der Waals surface area contributed by atoms with E-state index in [1.54, 1.807) is 25.1 Å². The van der Waals surface area contributed by atoms with Gasteiger partial charge in [-0.2, -0.15) is 0 Å². The number of aryl methyl sites for hydroxylation is 1. The van der Waals surface area contributed by atoms with Gasteiger partial charge in [0, 0.05) is 6.61 Å². The van der Waals surface area contributed by atoms with Crippen LogP contribution in [0, 0.1) is 6.92 Å². The van der Waals surface area contributed by atoms with Gasteiger partial charge in [0.2, 0.25) is 0 Å². The van der Waals surface area contributed by atoms with E-state index < -0.39 is 22.0 Å². The van der Waals surface area contributed by atoms with Gasteiger partial charge in [0.1, 0.15) is 6.10 Å². The van der Waals surface area contributed by atoms with E-state index in [0.717, 1.165) is 12.8 Å². The maximum absolute atomic E-state index is 12.2. The first-order chi connectivity index (χ1) is 10.4. The topological polar surface area (TPSA) is 81.7 Å². The Balaban J connectivity index is 1.93. The van der Waals surface area contributed by atoms with Gasteiger partial charge in [-0.05, 0) is 38.3 Å². The van der Waals surface area contributed by atoms with Crippen LogP contribution in [-0.4, -0.2) is 39.7 Å². The maximum Gasteiger partial charge on any atom is 0.264 e. The molecule has 7 heteroatoms. The lowest BCUT2D eigenvalue weighted by atomic mass is 10.2. The van der Waals surface area contributed by atoms with Gasteiger partial charge in [-0.3, -0.25) is 4.79 Å². The number of amides is 1. The number of benzene rings is 1. The van der Waals surface area contributed by atoms with Crippen LogP contribution >= 0.6 is 0 Å². The highest BCUT2D eigenvalue weighted by Gasteiger charge is 2.25. The molecule has 1 fully saturated rings. The van der Waals surface area contributed by atoms with E-state index in [1.807, 2.05) is 0 Å². The summed E-state index contributed by atoms with van der Waals surface area (Å²) in [6, 6.07) is 6.49. The molecular weight excluding hydrogens is 306 g/mol. The monoisotopic (exact) mass is 327 g/mol. The van der Waals surface area contributed by atoms with Crippen LogP contribution in [0.25, 0.3) is 0 Å². The number of carbonyl (C=O) groups is 1. The molecule has 2 rings (SSSR count). The number of nitrogens with one attached hydrogen (secondary N) is 1. The number of hydrogen-bond donors (Lipinski definition) is 1. The van der Waals surface area contributed by atoms with Gasteiger partial charge in [0.05, 0.1) is 17.6 Å². The van der Waals surface area contributed by atoms with Gasteiger partial charge in [-0.25, -0.2) is 13.1 Å². The standard InChI is InChI=1S/C15H21NO5S/c1-11-6-3-4-8-14(11)22(18,19)16-15(17)12(2)21-10-13-7-5-9-20-13/h3-4,6,8,12-13H,5,7,9-10H2,1-2H3,(H,16,17)/t12-,13+/m1/s1. The minimum absolute atomic E-state index is 0.0109. The summed E-state index contributed by atoms with van der Waals surface area (Å²) in [6.45, 7) is 4.20. The molecule has 0 unspecified atom stereocenters. The molecule has 2 atom stereocenters. The van der Waals surface area contributed by atoms with E-state index in [4.69, 9.17) is 9.47 Å². The smallest absolute Gasteiger partial charge is 0.264 e. The molecule has 1 amide bonds. The molecule has 122 valence electrons. The third kappa shape index (κ3) is 4.28. The summed E-state index contributed by atoms with van der Waals surface area (Å²) in [5.74, 6) is -0.679. The molecule has 0 bridgehead atoms. The minimum atomic E-state index is -3.88. The molecule has 0 aliphatic carbocycles. The Kier molecular flexibility index (Phi) is 5.55. The summed E-state index contributed by atoms with van der Waals surface area (Å²) in [5.41, 5.74) is 0.579. The number of sulfonamides is 1. The second-order valence-corrected chi connectivity index (χ2v) is 7.00. The summed E-state index contributed by atoms with van der Waals surface area (Å²) in [6.07, 6.45) is 1.01. The molecule has 1 aromatic carbocycles. The van der Waals surface area contributed by atoms with Crippen LogP contribution in [0.1, 0.15) is 25.3 Å².